The van der Waals surface area contributed by atoms with Gasteiger partial charge in [-0.2, -0.15) is 8.42 Å². The van der Waals surface area contributed by atoms with E-state index in [4.69, 9.17) is 15.2 Å². The van der Waals surface area contributed by atoms with Crippen LogP contribution in [0.1, 0.15) is 19.5 Å². The van der Waals surface area contributed by atoms with Gasteiger partial charge >= 0.3 is 39.9 Å². The summed E-state index contributed by atoms with van der Waals surface area (Å²) in [4.78, 5) is 33.6. The van der Waals surface area contributed by atoms with Crippen molar-refractivity contribution >= 4 is 73.9 Å². The number of aromatic nitrogens is 1. The number of carbonyl (C=O) groups is 2. The van der Waals surface area contributed by atoms with Crippen LogP contribution in [0.15, 0.2) is 10.5 Å². The van der Waals surface area contributed by atoms with Crippen molar-refractivity contribution < 1.29 is 36.9 Å². The number of nitrogens with zero attached hydrogens (tertiary/aromatic N) is 3. The molecule has 2 aliphatic heterocycles. The predicted octanol–water partition coefficient (Wildman–Crippen LogP) is -1.92. The molecule has 2 aliphatic rings. The number of oxime groups is 1. The number of hydrogen-bond acceptors (Lipinski definition) is 11. The first-order valence-corrected chi connectivity index (χ1v) is 10.5. The zero-order valence-electron chi connectivity index (χ0n) is 15.6. The number of rotatable bonds is 6. The van der Waals surface area contributed by atoms with Crippen LogP contribution in [-0.4, -0.2) is 107 Å². The molecular formula is C14H20N5NaO8S2. The fraction of sp³-hybridized carbons (Fsp3) is 0.571. The Morgan fingerprint density at radius 1 is 1.53 bits per heavy atom. The molecule has 3 heterocycles. The molecule has 0 spiro atoms. The van der Waals surface area contributed by atoms with Gasteiger partial charge in [-0.1, -0.05) is 5.16 Å². The average Bonchev–Trinajstić information content (AvgIpc) is 3.18. The van der Waals surface area contributed by atoms with Gasteiger partial charge in [-0.15, -0.1) is 11.3 Å². The third-order valence-corrected chi connectivity index (χ3v) is 5.80. The summed E-state index contributed by atoms with van der Waals surface area (Å²) in [7, 11) is -3.66. The predicted molar refractivity (Wildman–Crippen MR) is 106 cm³/mol. The van der Waals surface area contributed by atoms with Gasteiger partial charge in [0.15, 0.2) is 16.6 Å². The van der Waals surface area contributed by atoms with Crippen LogP contribution >= 0.6 is 11.3 Å². The van der Waals surface area contributed by atoms with Gasteiger partial charge in [-0.3, -0.25) is 14.1 Å². The number of hydrogen-bond donors (Lipinski definition) is 3. The number of carbonyl (C=O) groups excluding carboxylic acids is 2. The quantitative estimate of drug-likeness (QED) is 0.138. The summed E-state index contributed by atoms with van der Waals surface area (Å²) in [5.74, 6) is -2.91. The molecule has 16 heteroatoms. The number of amides is 2. The van der Waals surface area contributed by atoms with E-state index in [9.17, 15) is 22.6 Å². The Morgan fingerprint density at radius 2 is 2.20 bits per heavy atom. The van der Waals surface area contributed by atoms with Crippen LogP contribution in [0.5, 0.6) is 0 Å². The topological polar surface area (TPSA) is 183 Å². The third kappa shape index (κ3) is 4.94. The number of anilines is 1. The van der Waals surface area contributed by atoms with Crippen LogP contribution in [0, 0.1) is 0 Å². The van der Waals surface area contributed by atoms with E-state index in [1.165, 1.54) is 12.5 Å². The average molecular weight is 473 g/mol. The zero-order valence-corrected chi connectivity index (χ0v) is 17.2. The van der Waals surface area contributed by atoms with Crippen molar-refractivity contribution in [2.75, 3.05) is 19.5 Å². The summed E-state index contributed by atoms with van der Waals surface area (Å²) >= 11 is 1.07. The molecule has 2 fully saturated rings. The van der Waals surface area contributed by atoms with Crippen LogP contribution in [0.25, 0.3) is 0 Å². The van der Waals surface area contributed by atoms with E-state index >= 15 is 0 Å². The van der Waals surface area contributed by atoms with Gasteiger partial charge in [-0.05, 0) is 13.8 Å². The second-order valence-corrected chi connectivity index (χ2v) is 8.79. The normalized spacial score (nSPS) is 26.0. The Bertz CT molecular complexity index is 965. The summed E-state index contributed by atoms with van der Waals surface area (Å²) in [6, 6.07) is -2.53. The minimum atomic E-state index is -4.87. The Morgan fingerprint density at radius 3 is 2.67 bits per heavy atom. The van der Waals surface area contributed by atoms with Crippen LogP contribution in [0.2, 0.25) is 0 Å². The van der Waals surface area contributed by atoms with Crippen molar-refractivity contribution in [3.8, 4) is 0 Å². The van der Waals surface area contributed by atoms with Crippen molar-refractivity contribution in [3.63, 3.8) is 0 Å². The standard InChI is InChI=1S/C14H19N5O8S2.Na.H/c1-14(2)26-4-7(27-14)10-9(12(21)19(10)29(22,23)24)17-11(20)8(18-25-3)6-5-28-13(15)16-6;;/h5,7,9-10H,4H2,1-3H3,(H2,15,16)(H,17,20)(H,22,23,24);;/t7?,9-,10+;;/m0../s1. The molecule has 0 bridgehead atoms. The Hall–Kier alpha value is -1.33. The summed E-state index contributed by atoms with van der Waals surface area (Å²) < 4.78 is 43.9. The monoisotopic (exact) mass is 473 g/mol. The molecule has 3 rings (SSSR count). The molecule has 4 N–H and O–H groups in total. The molecule has 2 amide bonds. The summed E-state index contributed by atoms with van der Waals surface area (Å²) in [6.45, 7) is 3.16. The van der Waals surface area contributed by atoms with E-state index in [0.29, 0.717) is 0 Å². The second-order valence-electron chi connectivity index (χ2n) is 6.61. The van der Waals surface area contributed by atoms with E-state index < -0.39 is 46.1 Å². The number of ether oxygens (including phenoxy) is 2. The Balaban J connectivity index is 0.00000320. The van der Waals surface area contributed by atoms with Crippen molar-refractivity contribution in [1.82, 2.24) is 14.6 Å². The van der Waals surface area contributed by atoms with E-state index in [1.54, 1.807) is 13.8 Å². The van der Waals surface area contributed by atoms with Gasteiger partial charge in [0.05, 0.1) is 6.61 Å². The third-order valence-electron chi connectivity index (χ3n) is 4.20. The fourth-order valence-electron chi connectivity index (χ4n) is 3.05. The zero-order chi connectivity index (χ0) is 21.6. The molecule has 0 aliphatic carbocycles. The van der Waals surface area contributed by atoms with Crippen molar-refractivity contribution in [3.05, 3.63) is 11.1 Å². The SMILES string of the molecule is CON=C(C(=O)N[C@@H]1C(=O)N(S(=O)(=O)O)[C@@H]1C1COC(C)(C)O1)c1csc(N)n1.[NaH]. The van der Waals surface area contributed by atoms with Gasteiger partial charge in [0.1, 0.15) is 31.0 Å². The maximum absolute atomic E-state index is 12.7. The number of β-lactam (4-membered cyclic amide) rings is 1. The molecule has 2 saturated heterocycles. The van der Waals surface area contributed by atoms with Crippen molar-refractivity contribution in [2.45, 2.75) is 37.8 Å². The van der Waals surface area contributed by atoms with Crippen LogP contribution in [0.4, 0.5) is 5.13 Å². The molecule has 162 valence electrons. The molecule has 1 aromatic heterocycles. The number of thiazole rings is 1. The number of nitrogens with two attached hydrogens (primary N) is 1. The summed E-state index contributed by atoms with van der Waals surface area (Å²) in [5.41, 5.74) is 5.42. The molecular weight excluding hydrogens is 453 g/mol. The van der Waals surface area contributed by atoms with Gasteiger partial charge < -0.3 is 25.4 Å². The van der Waals surface area contributed by atoms with E-state index in [0.717, 1.165) is 11.3 Å². The molecule has 0 radical (unpaired) electrons. The van der Waals surface area contributed by atoms with Gasteiger partial charge in [0.25, 0.3) is 11.8 Å². The molecule has 1 aromatic rings. The number of nitrogen functional groups attached to an aromatic ring is 1. The van der Waals surface area contributed by atoms with Crippen molar-refractivity contribution in [2.24, 2.45) is 5.16 Å². The summed E-state index contributed by atoms with van der Waals surface area (Å²) in [6.07, 6.45) is -0.910. The van der Waals surface area contributed by atoms with E-state index in [1.807, 2.05) is 0 Å². The van der Waals surface area contributed by atoms with Gasteiger partial charge in [0.2, 0.25) is 0 Å². The second kappa shape index (κ2) is 9.04. The maximum atomic E-state index is 12.7. The first-order chi connectivity index (χ1) is 13.4. The van der Waals surface area contributed by atoms with Gasteiger partial charge in [0, 0.05) is 5.38 Å². The Labute approximate surface area is 198 Å². The van der Waals surface area contributed by atoms with E-state index in [2.05, 4.69) is 20.3 Å². The minimum absolute atomic E-state index is 0. The van der Waals surface area contributed by atoms with Gasteiger partial charge in [-0.25, -0.2) is 9.29 Å². The van der Waals surface area contributed by atoms with Crippen LogP contribution in [-0.2, 0) is 34.2 Å². The molecule has 30 heavy (non-hydrogen) atoms. The Kier molecular flexibility index (Phi) is 7.51. The van der Waals surface area contributed by atoms with E-state index in [-0.39, 0.29) is 57.0 Å². The van der Waals surface area contributed by atoms with Crippen LogP contribution in [0.3, 0.4) is 0 Å². The first kappa shape index (κ1) is 24.9. The molecule has 0 saturated carbocycles. The van der Waals surface area contributed by atoms with Crippen LogP contribution < -0.4 is 11.1 Å². The molecule has 0 aromatic carbocycles. The molecule has 3 atom stereocenters. The fourth-order valence-corrected chi connectivity index (χ4v) is 4.50. The number of nitrogens with one attached hydrogen (secondary N) is 1. The summed E-state index contributed by atoms with van der Waals surface area (Å²) in [5, 5.41) is 7.64. The first-order valence-electron chi connectivity index (χ1n) is 8.20. The van der Waals surface area contributed by atoms with Crippen molar-refractivity contribution in [1.29, 1.82) is 0 Å². The molecule has 13 nitrogen and oxygen atoms in total. The molecule has 1 unspecified atom stereocenters.